The molecule has 1 heterocycles. The van der Waals surface area contributed by atoms with Gasteiger partial charge in [-0.25, -0.2) is 9.78 Å². The molecule has 0 amide bonds. The van der Waals surface area contributed by atoms with Gasteiger partial charge in [0.15, 0.2) is 0 Å². The zero-order valence-corrected chi connectivity index (χ0v) is 9.84. The normalized spacial score (nSPS) is 10.4. The molecule has 1 aromatic heterocycles. The molecule has 3 nitrogen and oxygen atoms in total. The minimum atomic E-state index is -0.911. The average molecular weight is 233 g/mol. The van der Waals surface area contributed by atoms with Crippen LogP contribution in [0.25, 0.3) is 11.3 Å². The van der Waals surface area contributed by atoms with Crippen molar-refractivity contribution in [3.63, 3.8) is 0 Å². The van der Waals surface area contributed by atoms with E-state index >= 15 is 0 Å². The molecule has 2 aromatic rings. The number of nitrogens with zero attached hydrogens (tertiary/aromatic N) is 1. The molecule has 0 spiro atoms. The van der Waals surface area contributed by atoms with E-state index in [0.717, 1.165) is 21.1 Å². The van der Waals surface area contributed by atoms with Gasteiger partial charge in [0.05, 0.1) is 16.3 Å². The van der Waals surface area contributed by atoms with Crippen molar-refractivity contribution in [1.82, 2.24) is 4.98 Å². The lowest BCUT2D eigenvalue weighted by Crippen LogP contribution is -1.96. The lowest BCUT2D eigenvalue weighted by Gasteiger charge is -2.00. The highest BCUT2D eigenvalue weighted by Crippen LogP contribution is 2.27. The van der Waals surface area contributed by atoms with E-state index in [9.17, 15) is 4.79 Å². The van der Waals surface area contributed by atoms with Crippen LogP contribution in [0.4, 0.5) is 0 Å². The first-order valence-electron chi connectivity index (χ1n) is 4.85. The minimum absolute atomic E-state index is 0.294. The van der Waals surface area contributed by atoms with Gasteiger partial charge in [0, 0.05) is 10.4 Å². The van der Waals surface area contributed by atoms with E-state index < -0.39 is 5.97 Å². The zero-order chi connectivity index (χ0) is 11.7. The molecular weight excluding hydrogens is 222 g/mol. The number of hydrogen-bond donors (Lipinski definition) is 1. The summed E-state index contributed by atoms with van der Waals surface area (Å²) in [5.41, 5.74) is 2.04. The van der Waals surface area contributed by atoms with Crippen molar-refractivity contribution < 1.29 is 9.90 Å². The second kappa shape index (κ2) is 4.06. The van der Waals surface area contributed by atoms with Crippen molar-refractivity contribution in [2.45, 2.75) is 13.8 Å². The van der Waals surface area contributed by atoms with Gasteiger partial charge >= 0.3 is 5.97 Å². The smallest absolute Gasteiger partial charge is 0.335 e. The molecule has 0 saturated carbocycles. The van der Waals surface area contributed by atoms with E-state index in [-0.39, 0.29) is 0 Å². The van der Waals surface area contributed by atoms with Crippen molar-refractivity contribution in [3.8, 4) is 11.3 Å². The molecule has 1 N–H and O–H groups in total. The van der Waals surface area contributed by atoms with Crippen molar-refractivity contribution in [2.75, 3.05) is 0 Å². The number of aryl methyl sites for hydroxylation is 2. The van der Waals surface area contributed by atoms with Crippen LogP contribution in [0.5, 0.6) is 0 Å². The monoisotopic (exact) mass is 233 g/mol. The number of thiazole rings is 1. The summed E-state index contributed by atoms with van der Waals surface area (Å²) in [7, 11) is 0. The van der Waals surface area contributed by atoms with Crippen molar-refractivity contribution in [2.24, 2.45) is 0 Å². The summed E-state index contributed by atoms with van der Waals surface area (Å²) < 4.78 is 0. The second-order valence-corrected chi connectivity index (χ2v) is 4.93. The fraction of sp³-hybridized carbons (Fsp3) is 0.167. The molecule has 0 aliphatic carbocycles. The number of carbonyl (C=O) groups is 1. The Balaban J connectivity index is 2.52. The van der Waals surface area contributed by atoms with Gasteiger partial charge in [0.2, 0.25) is 0 Å². The second-order valence-electron chi connectivity index (χ2n) is 3.52. The van der Waals surface area contributed by atoms with Crippen LogP contribution >= 0.6 is 11.3 Å². The largest absolute Gasteiger partial charge is 0.478 e. The van der Waals surface area contributed by atoms with E-state index in [1.54, 1.807) is 29.5 Å². The van der Waals surface area contributed by atoms with Crippen LogP contribution in [0.15, 0.2) is 24.3 Å². The molecule has 16 heavy (non-hydrogen) atoms. The Morgan fingerprint density at radius 2 is 2.12 bits per heavy atom. The molecule has 0 atom stereocenters. The molecule has 0 bridgehead atoms. The number of benzene rings is 1. The Morgan fingerprint density at radius 1 is 1.38 bits per heavy atom. The Labute approximate surface area is 97.4 Å². The van der Waals surface area contributed by atoms with E-state index in [2.05, 4.69) is 4.98 Å². The third kappa shape index (κ3) is 1.97. The van der Waals surface area contributed by atoms with Gasteiger partial charge in [-0.15, -0.1) is 11.3 Å². The molecule has 0 unspecified atom stereocenters. The molecule has 0 saturated heterocycles. The van der Waals surface area contributed by atoms with E-state index in [1.165, 1.54) is 0 Å². The number of carboxylic acids is 1. The third-order valence-corrected chi connectivity index (χ3v) is 3.17. The Bertz CT molecular complexity index is 546. The van der Waals surface area contributed by atoms with Crippen LogP contribution in [-0.4, -0.2) is 16.1 Å². The van der Waals surface area contributed by atoms with Gasteiger partial charge in [-0.3, -0.25) is 0 Å². The summed E-state index contributed by atoms with van der Waals surface area (Å²) in [5, 5.41) is 9.91. The predicted octanol–water partition coefficient (Wildman–Crippen LogP) is 3.13. The molecule has 0 radical (unpaired) electrons. The molecule has 0 aliphatic rings. The van der Waals surface area contributed by atoms with E-state index in [1.807, 2.05) is 19.9 Å². The van der Waals surface area contributed by atoms with Gasteiger partial charge in [-0.05, 0) is 26.0 Å². The van der Waals surface area contributed by atoms with E-state index in [4.69, 9.17) is 5.11 Å². The summed E-state index contributed by atoms with van der Waals surface area (Å²) in [6.07, 6.45) is 0. The van der Waals surface area contributed by atoms with Crippen LogP contribution in [-0.2, 0) is 0 Å². The number of rotatable bonds is 2. The number of carboxylic acid groups (broad SMARTS) is 1. The zero-order valence-electron chi connectivity index (χ0n) is 9.02. The number of aromatic nitrogens is 1. The van der Waals surface area contributed by atoms with Gasteiger partial charge in [0.1, 0.15) is 0 Å². The highest BCUT2D eigenvalue weighted by atomic mass is 32.1. The minimum Gasteiger partial charge on any atom is -0.478 e. The highest BCUT2D eigenvalue weighted by Gasteiger charge is 2.09. The maximum Gasteiger partial charge on any atom is 0.335 e. The third-order valence-electron chi connectivity index (χ3n) is 2.29. The Hall–Kier alpha value is -1.68. The van der Waals surface area contributed by atoms with Crippen molar-refractivity contribution in [3.05, 3.63) is 39.7 Å². The molecule has 82 valence electrons. The molecular formula is C12H11NO2S. The predicted molar refractivity (Wildman–Crippen MR) is 64.0 cm³/mol. The quantitative estimate of drug-likeness (QED) is 0.867. The maximum atomic E-state index is 10.9. The fourth-order valence-corrected chi connectivity index (χ4v) is 2.44. The molecule has 1 aromatic carbocycles. The van der Waals surface area contributed by atoms with Gasteiger partial charge in [-0.2, -0.15) is 0 Å². The van der Waals surface area contributed by atoms with Crippen LogP contribution in [0, 0.1) is 13.8 Å². The lowest BCUT2D eigenvalue weighted by atomic mass is 10.1. The van der Waals surface area contributed by atoms with E-state index in [0.29, 0.717) is 5.56 Å². The Morgan fingerprint density at radius 3 is 2.69 bits per heavy atom. The summed E-state index contributed by atoms with van der Waals surface area (Å²) in [5.74, 6) is -0.911. The fourth-order valence-electron chi connectivity index (χ4n) is 1.60. The average Bonchev–Trinajstić information content (AvgIpc) is 2.58. The highest BCUT2D eigenvalue weighted by molar-refractivity contribution is 7.11. The SMILES string of the molecule is Cc1nc(-c2cccc(C(=O)O)c2)c(C)s1. The van der Waals surface area contributed by atoms with Gasteiger partial charge < -0.3 is 5.11 Å². The van der Waals surface area contributed by atoms with Crippen LogP contribution in [0.1, 0.15) is 20.2 Å². The van der Waals surface area contributed by atoms with Crippen LogP contribution < -0.4 is 0 Å². The first-order chi connectivity index (χ1) is 7.58. The first kappa shape index (κ1) is 10.8. The number of hydrogen-bond acceptors (Lipinski definition) is 3. The molecule has 0 aliphatic heterocycles. The summed E-state index contributed by atoms with van der Waals surface area (Å²) in [4.78, 5) is 16.4. The van der Waals surface area contributed by atoms with Crippen LogP contribution in [0.2, 0.25) is 0 Å². The first-order valence-corrected chi connectivity index (χ1v) is 5.67. The Kier molecular flexibility index (Phi) is 2.75. The van der Waals surface area contributed by atoms with Crippen molar-refractivity contribution in [1.29, 1.82) is 0 Å². The standard InChI is InChI=1S/C12H11NO2S/c1-7-11(13-8(2)16-7)9-4-3-5-10(6-9)12(14)15/h3-6H,1-2H3,(H,14,15). The number of aromatic carboxylic acids is 1. The maximum absolute atomic E-state index is 10.9. The summed E-state index contributed by atoms with van der Waals surface area (Å²) >= 11 is 1.62. The summed E-state index contributed by atoms with van der Waals surface area (Å²) in [6, 6.07) is 6.87. The van der Waals surface area contributed by atoms with Crippen molar-refractivity contribution >= 4 is 17.3 Å². The molecule has 0 fully saturated rings. The molecule has 2 rings (SSSR count). The van der Waals surface area contributed by atoms with Crippen LogP contribution in [0.3, 0.4) is 0 Å². The van der Waals surface area contributed by atoms with Gasteiger partial charge in [0.25, 0.3) is 0 Å². The lowest BCUT2D eigenvalue weighted by molar-refractivity contribution is 0.0697. The summed E-state index contributed by atoms with van der Waals surface area (Å²) in [6.45, 7) is 3.94. The van der Waals surface area contributed by atoms with Gasteiger partial charge in [-0.1, -0.05) is 12.1 Å². The topological polar surface area (TPSA) is 50.2 Å². The molecule has 4 heteroatoms.